The maximum absolute atomic E-state index is 13.7. The fourth-order valence-electron chi connectivity index (χ4n) is 5.83. The molecule has 42 heavy (non-hydrogen) atoms. The zero-order valence-electron chi connectivity index (χ0n) is 23.9. The van der Waals surface area contributed by atoms with E-state index in [2.05, 4.69) is 0 Å². The number of halogens is 4. The zero-order chi connectivity index (χ0) is 30.4. The molecule has 5 rings (SSSR count). The monoisotopic (exact) mass is 602 g/mol. The number of methoxy groups -OCH3 is 1. The molecule has 6 nitrogen and oxygen atoms in total. The molecule has 3 aromatic carbocycles. The number of hydrogen-bond acceptors (Lipinski definition) is 5. The van der Waals surface area contributed by atoms with Crippen LogP contribution in [-0.2, 0) is 16.8 Å². The first-order chi connectivity index (χ1) is 19.8. The van der Waals surface area contributed by atoms with Crippen molar-refractivity contribution in [1.82, 2.24) is 4.90 Å². The molecule has 1 saturated heterocycles. The highest BCUT2D eigenvalue weighted by molar-refractivity contribution is 6.30. The Labute approximate surface area is 248 Å². The van der Waals surface area contributed by atoms with Crippen LogP contribution in [0.15, 0.2) is 60.7 Å². The fraction of sp³-hybridized carbons (Fsp3) is 0.406. The van der Waals surface area contributed by atoms with Crippen molar-refractivity contribution in [3.8, 4) is 11.5 Å². The number of fused-ring (bicyclic) bond motifs is 1. The van der Waals surface area contributed by atoms with E-state index in [0.717, 1.165) is 16.7 Å². The standard InChI is InChI=1S/C32H34ClF3N2O4/c1-19(2)42-28-15-26-21(13-27(28)41-4)14-29(39)38(30(26)20-5-9-24(33)10-6-20)25-11-7-22(8-12-25)31(3,40)23-16-37(17-23)18-32(34,35)36/h5-13,15,19,23,30,40H,14,16-18H2,1-4H3/t30-,31?/m0/s1. The highest BCUT2D eigenvalue weighted by Crippen LogP contribution is 2.44. The summed E-state index contributed by atoms with van der Waals surface area (Å²) in [5.41, 5.74) is 2.45. The lowest BCUT2D eigenvalue weighted by molar-refractivity contribution is -0.173. The number of aliphatic hydroxyl groups is 1. The number of anilines is 1. The van der Waals surface area contributed by atoms with Crippen LogP contribution in [0, 0.1) is 5.92 Å². The number of hydrogen-bond donors (Lipinski definition) is 1. The summed E-state index contributed by atoms with van der Waals surface area (Å²) in [5, 5.41) is 11.9. The van der Waals surface area contributed by atoms with Crippen molar-refractivity contribution >= 4 is 23.2 Å². The lowest BCUT2D eigenvalue weighted by atomic mass is 9.78. The molecule has 0 spiro atoms. The minimum Gasteiger partial charge on any atom is -0.493 e. The van der Waals surface area contributed by atoms with Crippen molar-refractivity contribution in [1.29, 1.82) is 0 Å². The van der Waals surface area contributed by atoms with E-state index < -0.39 is 24.4 Å². The van der Waals surface area contributed by atoms with Gasteiger partial charge in [0.25, 0.3) is 0 Å². The first kappa shape index (κ1) is 30.2. The lowest BCUT2D eigenvalue weighted by Crippen LogP contribution is -2.57. The second-order valence-corrected chi connectivity index (χ2v) is 11.9. The van der Waals surface area contributed by atoms with Crippen molar-refractivity contribution < 1.29 is 32.5 Å². The molecule has 0 aliphatic carbocycles. The maximum atomic E-state index is 13.7. The van der Waals surface area contributed by atoms with Gasteiger partial charge in [0.15, 0.2) is 11.5 Å². The third-order valence-electron chi connectivity index (χ3n) is 8.02. The fourth-order valence-corrected chi connectivity index (χ4v) is 5.96. The van der Waals surface area contributed by atoms with Crippen molar-refractivity contribution in [3.05, 3.63) is 87.9 Å². The minimum atomic E-state index is -4.27. The molecular formula is C32H34ClF3N2O4. The third kappa shape index (κ3) is 6.09. The van der Waals surface area contributed by atoms with Crippen molar-refractivity contribution in [2.45, 2.75) is 51.1 Å². The number of benzene rings is 3. The summed E-state index contributed by atoms with van der Waals surface area (Å²) in [6.45, 7) is 4.80. The first-order valence-electron chi connectivity index (χ1n) is 13.8. The van der Waals surface area contributed by atoms with Crippen LogP contribution >= 0.6 is 11.6 Å². The number of rotatable bonds is 8. The summed E-state index contributed by atoms with van der Waals surface area (Å²) in [6, 6.07) is 17.7. The van der Waals surface area contributed by atoms with Crippen LogP contribution in [-0.4, -0.2) is 54.9 Å². The van der Waals surface area contributed by atoms with Crippen LogP contribution in [0.2, 0.25) is 5.02 Å². The smallest absolute Gasteiger partial charge is 0.401 e. The molecule has 2 heterocycles. The minimum absolute atomic E-state index is 0.0937. The van der Waals surface area contributed by atoms with E-state index in [1.54, 1.807) is 55.3 Å². The van der Waals surface area contributed by atoms with Crippen LogP contribution in [0.4, 0.5) is 18.9 Å². The van der Waals surface area contributed by atoms with Gasteiger partial charge in [-0.05, 0) is 79.4 Å². The number of carbonyl (C=O) groups excluding carboxylic acids is 1. The first-order valence-corrected chi connectivity index (χ1v) is 14.2. The Hall–Kier alpha value is -3.27. The quantitative estimate of drug-likeness (QED) is 0.318. The molecule has 0 saturated carbocycles. The van der Waals surface area contributed by atoms with Crippen LogP contribution in [0.25, 0.3) is 0 Å². The van der Waals surface area contributed by atoms with Crippen LogP contribution in [0.3, 0.4) is 0 Å². The molecule has 1 N–H and O–H groups in total. The molecule has 0 radical (unpaired) electrons. The van der Waals surface area contributed by atoms with E-state index in [1.807, 2.05) is 38.1 Å². The summed E-state index contributed by atoms with van der Waals surface area (Å²) in [4.78, 5) is 16.8. The summed E-state index contributed by atoms with van der Waals surface area (Å²) in [7, 11) is 1.57. The second kappa shape index (κ2) is 11.4. The van der Waals surface area contributed by atoms with Gasteiger partial charge in [-0.15, -0.1) is 0 Å². The van der Waals surface area contributed by atoms with Gasteiger partial charge >= 0.3 is 6.18 Å². The second-order valence-electron chi connectivity index (χ2n) is 11.5. The Kier molecular flexibility index (Phi) is 8.22. The molecule has 2 aliphatic heterocycles. The normalized spacial score (nSPS) is 19.3. The zero-order valence-corrected chi connectivity index (χ0v) is 24.7. The van der Waals surface area contributed by atoms with Gasteiger partial charge in [-0.3, -0.25) is 9.69 Å². The predicted octanol–water partition coefficient (Wildman–Crippen LogP) is 6.52. The van der Waals surface area contributed by atoms with E-state index in [9.17, 15) is 23.1 Å². The molecule has 1 fully saturated rings. The van der Waals surface area contributed by atoms with Crippen LogP contribution in [0.1, 0.15) is 49.1 Å². The predicted molar refractivity (Wildman–Crippen MR) is 155 cm³/mol. The van der Waals surface area contributed by atoms with Gasteiger partial charge in [0.1, 0.15) is 0 Å². The van der Waals surface area contributed by atoms with Crippen molar-refractivity contribution in [3.63, 3.8) is 0 Å². The van der Waals surface area contributed by atoms with E-state index in [1.165, 1.54) is 4.90 Å². The highest BCUT2D eigenvalue weighted by Gasteiger charge is 2.45. The summed E-state index contributed by atoms with van der Waals surface area (Å²) < 4.78 is 49.9. The largest absolute Gasteiger partial charge is 0.493 e. The molecule has 224 valence electrons. The molecule has 1 unspecified atom stereocenters. The Morgan fingerprint density at radius 3 is 2.24 bits per heavy atom. The van der Waals surface area contributed by atoms with E-state index in [4.69, 9.17) is 21.1 Å². The average Bonchev–Trinajstić information content (AvgIpc) is 2.89. The average molecular weight is 603 g/mol. The molecule has 2 atom stereocenters. The number of likely N-dealkylation sites (tertiary alicyclic amines) is 1. The van der Waals surface area contributed by atoms with E-state index >= 15 is 0 Å². The Morgan fingerprint density at radius 1 is 1.02 bits per heavy atom. The van der Waals surface area contributed by atoms with Gasteiger partial charge in [0, 0.05) is 29.7 Å². The molecule has 2 aliphatic rings. The van der Waals surface area contributed by atoms with Crippen LogP contribution in [0.5, 0.6) is 11.5 Å². The molecule has 3 aromatic rings. The van der Waals surface area contributed by atoms with Crippen molar-refractivity contribution in [2.75, 3.05) is 31.6 Å². The lowest BCUT2D eigenvalue weighted by Gasteiger charge is -2.47. The summed E-state index contributed by atoms with van der Waals surface area (Å²) in [6.07, 6.45) is -4.22. The third-order valence-corrected chi connectivity index (χ3v) is 8.27. The van der Waals surface area contributed by atoms with Gasteiger partial charge in [0.2, 0.25) is 5.91 Å². The van der Waals surface area contributed by atoms with Gasteiger partial charge < -0.3 is 19.5 Å². The summed E-state index contributed by atoms with van der Waals surface area (Å²) >= 11 is 6.20. The van der Waals surface area contributed by atoms with Gasteiger partial charge in [-0.1, -0.05) is 35.9 Å². The van der Waals surface area contributed by atoms with Gasteiger partial charge in [-0.2, -0.15) is 13.2 Å². The number of amides is 1. The Morgan fingerprint density at radius 2 is 1.67 bits per heavy atom. The van der Waals surface area contributed by atoms with Crippen molar-refractivity contribution in [2.24, 2.45) is 5.92 Å². The molecule has 10 heteroatoms. The topological polar surface area (TPSA) is 62.2 Å². The molecular weight excluding hydrogens is 569 g/mol. The SMILES string of the molecule is COc1cc2c(cc1OC(C)C)[C@H](c1ccc(Cl)cc1)N(c1ccc(C(C)(O)C3CN(CC(F)(F)F)C3)cc1)C(=O)C2. The molecule has 0 aromatic heterocycles. The summed E-state index contributed by atoms with van der Waals surface area (Å²) in [5.74, 6) is 0.662. The van der Waals surface area contributed by atoms with Crippen LogP contribution < -0.4 is 14.4 Å². The Bertz CT molecular complexity index is 1440. The number of carbonyl (C=O) groups is 1. The number of alkyl halides is 3. The number of ether oxygens (including phenoxy) is 2. The van der Waals surface area contributed by atoms with E-state index in [-0.39, 0.29) is 37.4 Å². The molecule has 0 bridgehead atoms. The van der Waals surface area contributed by atoms with Gasteiger partial charge in [0.05, 0.1) is 37.8 Å². The maximum Gasteiger partial charge on any atom is 0.401 e. The Balaban J connectivity index is 1.49. The molecule has 1 amide bonds. The van der Waals surface area contributed by atoms with E-state index in [0.29, 0.717) is 27.8 Å². The number of nitrogens with zero attached hydrogens (tertiary/aromatic N) is 2. The van der Waals surface area contributed by atoms with Gasteiger partial charge in [-0.25, -0.2) is 0 Å². The highest BCUT2D eigenvalue weighted by atomic mass is 35.5.